The van der Waals surface area contributed by atoms with E-state index in [9.17, 15) is 4.79 Å². The third kappa shape index (κ3) is 4.17. The third-order valence-corrected chi connectivity index (χ3v) is 4.61. The zero-order valence-corrected chi connectivity index (χ0v) is 17.1. The molecule has 4 aromatic rings. The fraction of sp³-hybridized carbons (Fsp3) is 0.0435. The van der Waals surface area contributed by atoms with Crippen LogP contribution in [0.25, 0.3) is 17.1 Å². The van der Waals surface area contributed by atoms with E-state index in [-0.39, 0.29) is 22.8 Å². The summed E-state index contributed by atoms with van der Waals surface area (Å²) in [5.41, 5.74) is 1.12. The van der Waals surface area contributed by atoms with Crippen LogP contribution < -0.4 is 15.5 Å². The number of allylic oxidation sites excluding steroid dienone is 1. The quantitative estimate of drug-likeness (QED) is 0.436. The Balaban J connectivity index is 1.81. The molecule has 0 atom stereocenters. The average molecular weight is 430 g/mol. The first-order valence-corrected chi connectivity index (χ1v) is 9.62. The van der Waals surface area contributed by atoms with Gasteiger partial charge < -0.3 is 15.5 Å². The Labute approximate surface area is 182 Å². The lowest BCUT2D eigenvalue weighted by Crippen LogP contribution is -2.21. The van der Waals surface area contributed by atoms with E-state index in [0.717, 1.165) is 6.21 Å². The molecular formula is C23H19FN6O2. The van der Waals surface area contributed by atoms with Crippen LogP contribution in [-0.2, 0) is 0 Å². The first-order chi connectivity index (χ1) is 15.6. The molecule has 0 aliphatic heterocycles. The minimum atomic E-state index is -0.559. The van der Waals surface area contributed by atoms with Gasteiger partial charge in [0.1, 0.15) is 5.69 Å². The predicted octanol–water partition coefficient (Wildman–Crippen LogP) is 3.67. The molecule has 8 nitrogen and oxygen atoms in total. The number of anilines is 1. The number of rotatable bonds is 7. The minimum absolute atomic E-state index is 0.0173. The van der Waals surface area contributed by atoms with Gasteiger partial charge in [0.25, 0.3) is 5.43 Å². The summed E-state index contributed by atoms with van der Waals surface area (Å²) in [5.74, 6) is -0.577. The van der Waals surface area contributed by atoms with Crippen LogP contribution in [-0.4, -0.2) is 32.9 Å². The Morgan fingerprint density at radius 2 is 1.97 bits per heavy atom. The van der Waals surface area contributed by atoms with Gasteiger partial charge in [0.15, 0.2) is 17.3 Å². The Morgan fingerprint density at radius 3 is 2.62 bits per heavy atom. The van der Waals surface area contributed by atoms with E-state index in [0.29, 0.717) is 11.4 Å². The SMILES string of the molecule is COc1cn(-c2ccc(-n3cccn3)cc2F)nc(/C(=C/C=N)Nc2ccccc2)c1=O. The first-order valence-electron chi connectivity index (χ1n) is 9.62. The number of methoxy groups -OCH3 is 1. The molecule has 0 spiro atoms. The molecule has 0 radical (unpaired) electrons. The van der Waals surface area contributed by atoms with E-state index in [1.54, 1.807) is 24.5 Å². The van der Waals surface area contributed by atoms with Crippen LogP contribution >= 0.6 is 0 Å². The number of para-hydroxylation sites is 1. The van der Waals surface area contributed by atoms with Gasteiger partial charge in [-0.25, -0.2) is 13.8 Å². The summed E-state index contributed by atoms with van der Waals surface area (Å²) in [7, 11) is 1.35. The normalized spacial score (nSPS) is 11.2. The number of ether oxygens (including phenoxy) is 1. The van der Waals surface area contributed by atoms with Crippen molar-refractivity contribution in [3.05, 3.63) is 101 Å². The maximum Gasteiger partial charge on any atom is 0.251 e. The van der Waals surface area contributed by atoms with Crippen molar-refractivity contribution in [3.63, 3.8) is 0 Å². The van der Waals surface area contributed by atoms with Crippen LogP contribution in [0, 0.1) is 11.2 Å². The monoisotopic (exact) mass is 430 g/mol. The fourth-order valence-electron chi connectivity index (χ4n) is 3.10. The van der Waals surface area contributed by atoms with E-state index in [4.69, 9.17) is 10.1 Å². The third-order valence-electron chi connectivity index (χ3n) is 4.61. The minimum Gasteiger partial charge on any atom is -0.491 e. The maximum absolute atomic E-state index is 15.0. The molecule has 160 valence electrons. The van der Waals surface area contributed by atoms with Gasteiger partial charge in [-0.1, -0.05) is 18.2 Å². The molecular weight excluding hydrogens is 411 g/mol. The molecule has 0 bridgehead atoms. The molecule has 9 heteroatoms. The molecule has 0 aliphatic rings. The Bertz CT molecular complexity index is 1330. The van der Waals surface area contributed by atoms with Gasteiger partial charge in [-0.05, 0) is 36.4 Å². The standard InChI is InChI=1S/C23H19FN6O2/c1-32-21-15-30(20-9-8-17(14-18(20)24)29-13-5-12-26-29)28-22(23(21)31)19(10-11-25)27-16-6-3-2-4-7-16/h2-15,25,27H,1H3/b19-10-,25-11?. The van der Waals surface area contributed by atoms with E-state index in [2.05, 4.69) is 15.5 Å². The molecule has 2 heterocycles. The molecule has 0 saturated carbocycles. The lowest BCUT2D eigenvalue weighted by atomic mass is 10.2. The summed E-state index contributed by atoms with van der Waals surface area (Å²) in [5, 5.41) is 19.0. The van der Waals surface area contributed by atoms with Crippen molar-refractivity contribution in [1.82, 2.24) is 19.6 Å². The van der Waals surface area contributed by atoms with Crippen molar-refractivity contribution in [2.24, 2.45) is 0 Å². The number of benzene rings is 2. The molecule has 0 fully saturated rings. The molecule has 2 aromatic heterocycles. The Morgan fingerprint density at radius 1 is 1.16 bits per heavy atom. The summed E-state index contributed by atoms with van der Waals surface area (Å²) in [6, 6.07) is 15.4. The van der Waals surface area contributed by atoms with Gasteiger partial charge in [0, 0.05) is 30.4 Å². The van der Waals surface area contributed by atoms with E-state index in [1.165, 1.54) is 40.9 Å². The van der Waals surface area contributed by atoms with Gasteiger partial charge in [0.2, 0.25) is 0 Å². The molecule has 4 rings (SSSR count). The number of nitrogens with zero attached hydrogens (tertiary/aromatic N) is 4. The highest BCUT2D eigenvalue weighted by atomic mass is 19.1. The highest BCUT2D eigenvalue weighted by molar-refractivity contribution is 5.87. The number of aromatic nitrogens is 4. The second kappa shape index (κ2) is 9.09. The van der Waals surface area contributed by atoms with Crippen molar-refractivity contribution in [1.29, 1.82) is 5.41 Å². The van der Waals surface area contributed by atoms with Crippen molar-refractivity contribution < 1.29 is 9.13 Å². The van der Waals surface area contributed by atoms with Crippen LogP contribution in [0.5, 0.6) is 5.75 Å². The fourth-order valence-corrected chi connectivity index (χ4v) is 3.10. The molecule has 0 aliphatic carbocycles. The second-order valence-corrected chi connectivity index (χ2v) is 6.64. The summed E-state index contributed by atoms with van der Waals surface area (Å²) in [6.45, 7) is 0. The van der Waals surface area contributed by atoms with Crippen LogP contribution in [0.2, 0.25) is 0 Å². The maximum atomic E-state index is 15.0. The molecule has 32 heavy (non-hydrogen) atoms. The molecule has 0 amide bonds. The van der Waals surface area contributed by atoms with Crippen LogP contribution in [0.15, 0.2) is 84.1 Å². The highest BCUT2D eigenvalue weighted by Crippen LogP contribution is 2.21. The summed E-state index contributed by atoms with van der Waals surface area (Å²) in [6.07, 6.45) is 7.07. The molecule has 0 saturated heterocycles. The first kappa shape index (κ1) is 20.7. The second-order valence-electron chi connectivity index (χ2n) is 6.64. The zero-order valence-electron chi connectivity index (χ0n) is 17.1. The van der Waals surface area contributed by atoms with E-state index >= 15 is 4.39 Å². The van der Waals surface area contributed by atoms with Crippen molar-refractivity contribution in [2.45, 2.75) is 0 Å². The summed E-state index contributed by atoms with van der Waals surface area (Å²) < 4.78 is 23.0. The topological polar surface area (TPSA) is 97.8 Å². The smallest absolute Gasteiger partial charge is 0.251 e. The lowest BCUT2D eigenvalue weighted by molar-refractivity contribution is 0.404. The predicted molar refractivity (Wildman–Crippen MR) is 120 cm³/mol. The average Bonchev–Trinajstić information content (AvgIpc) is 3.35. The number of nitrogens with one attached hydrogen (secondary N) is 2. The largest absolute Gasteiger partial charge is 0.491 e. The van der Waals surface area contributed by atoms with Gasteiger partial charge in [0.05, 0.1) is 24.7 Å². The Kier molecular flexibility index (Phi) is 5.89. The van der Waals surface area contributed by atoms with Crippen LogP contribution in [0.3, 0.4) is 0 Å². The van der Waals surface area contributed by atoms with Crippen molar-refractivity contribution >= 4 is 17.6 Å². The van der Waals surface area contributed by atoms with Gasteiger partial charge >= 0.3 is 0 Å². The van der Waals surface area contributed by atoms with E-state index in [1.807, 2.05) is 30.3 Å². The van der Waals surface area contributed by atoms with Crippen molar-refractivity contribution in [3.8, 4) is 17.1 Å². The van der Waals surface area contributed by atoms with Crippen molar-refractivity contribution in [2.75, 3.05) is 12.4 Å². The number of halogens is 1. The highest BCUT2D eigenvalue weighted by Gasteiger charge is 2.17. The van der Waals surface area contributed by atoms with Crippen LogP contribution in [0.1, 0.15) is 5.69 Å². The zero-order chi connectivity index (χ0) is 22.5. The molecule has 0 unspecified atom stereocenters. The number of hydrogen-bond acceptors (Lipinski definition) is 6. The summed E-state index contributed by atoms with van der Waals surface area (Å²) >= 11 is 0. The lowest BCUT2D eigenvalue weighted by Gasteiger charge is -2.14. The molecule has 2 N–H and O–H groups in total. The number of hydrogen-bond donors (Lipinski definition) is 2. The molecule has 2 aromatic carbocycles. The van der Waals surface area contributed by atoms with Gasteiger partial charge in [-0.2, -0.15) is 10.2 Å². The van der Waals surface area contributed by atoms with E-state index < -0.39 is 11.2 Å². The van der Waals surface area contributed by atoms with Gasteiger partial charge in [-0.3, -0.25) is 4.79 Å². The van der Waals surface area contributed by atoms with Gasteiger partial charge in [-0.15, -0.1) is 0 Å². The summed E-state index contributed by atoms with van der Waals surface area (Å²) in [4.78, 5) is 12.9. The Hall–Kier alpha value is -4.53. The van der Waals surface area contributed by atoms with Crippen LogP contribution in [0.4, 0.5) is 10.1 Å².